The Bertz CT molecular complexity index is 3960. The molecule has 2 unspecified atom stereocenters. The van der Waals surface area contributed by atoms with Crippen LogP contribution in [0.25, 0.3) is 43.1 Å². The number of allylic oxidation sites excluding steroid dienone is 14. The Morgan fingerprint density at radius 3 is 1.12 bits per heavy atom. The SMILES string of the molecule is CN1/C(=C/C=C/C=C/C=C/C2N(C)c3ccc4ccccc4c3C2(C)C)C(C)(C)c2c1ccc1ccccc21.[2H]C1(/C=C/C=C/C=C/C=C2/N(C)c3ccc4ccccc4c3C2(C)C)N(C)c2ccc3ccccc3c2C1(C)C. The molecule has 4 nitrogen and oxygen atoms in total. The molecule has 8 aromatic rings. The Morgan fingerprint density at radius 1 is 0.346 bits per heavy atom. The third-order valence-corrected chi connectivity index (χ3v) is 17.7. The van der Waals surface area contributed by atoms with Crippen molar-refractivity contribution in [2.24, 2.45) is 0 Å². The summed E-state index contributed by atoms with van der Waals surface area (Å²) >= 11 is 0. The van der Waals surface area contributed by atoms with Crippen LogP contribution >= 0.6 is 0 Å². The standard InChI is InChI=1S/2C37H38N2/c2*1-36(2)32(38(5)30-24-22-26-16-12-14-18-28(26)34(30)36)20-10-8-7-9-11-21-33-37(3,4)35-29-19-15-13-17-27(29)23-25-31(35)39(33)6/h2*7-25,32H,1-6H3/b2*8-7+,11-9+,20-10+,33-21+/i32D;. The van der Waals surface area contributed by atoms with Gasteiger partial charge in [0.2, 0.25) is 0 Å². The van der Waals surface area contributed by atoms with Gasteiger partial charge in [-0.25, -0.2) is 0 Å². The number of hydrogen-bond acceptors (Lipinski definition) is 4. The maximum atomic E-state index is 9.54. The van der Waals surface area contributed by atoms with Gasteiger partial charge in [-0.2, -0.15) is 0 Å². The third-order valence-electron chi connectivity index (χ3n) is 17.7. The second-order valence-corrected chi connectivity index (χ2v) is 23.8. The van der Waals surface area contributed by atoms with Gasteiger partial charge < -0.3 is 19.6 Å². The second kappa shape index (κ2) is 20.1. The van der Waals surface area contributed by atoms with E-state index in [9.17, 15) is 1.37 Å². The minimum Gasteiger partial charge on any atom is -0.367 e. The minimum atomic E-state index is -0.888. The lowest BCUT2D eigenvalue weighted by atomic mass is 9.78. The Balaban J connectivity index is 0.000000167. The zero-order chi connectivity index (χ0) is 55.6. The summed E-state index contributed by atoms with van der Waals surface area (Å²) in [7, 11) is 8.60. The van der Waals surface area contributed by atoms with Crippen molar-refractivity contribution in [2.75, 3.05) is 47.8 Å². The molecule has 392 valence electrons. The molecular formula is C74H76N4. The van der Waals surface area contributed by atoms with Gasteiger partial charge in [0.1, 0.15) is 0 Å². The van der Waals surface area contributed by atoms with Gasteiger partial charge in [-0.1, -0.05) is 250 Å². The van der Waals surface area contributed by atoms with Gasteiger partial charge in [0.15, 0.2) is 0 Å². The number of rotatable bonds is 8. The Hall–Kier alpha value is -8.08. The van der Waals surface area contributed by atoms with Crippen molar-refractivity contribution in [1.29, 1.82) is 0 Å². The summed E-state index contributed by atoms with van der Waals surface area (Å²) in [6, 6.07) is 51.9. The molecule has 0 fully saturated rings. The fourth-order valence-electron chi connectivity index (χ4n) is 14.0. The second-order valence-electron chi connectivity index (χ2n) is 23.8. The average Bonchev–Trinajstić information content (AvgIpc) is 3.83. The zero-order valence-electron chi connectivity index (χ0n) is 48.8. The normalized spacial score (nSPS) is 22.0. The molecule has 4 heteroatoms. The Kier molecular flexibility index (Phi) is 13.0. The van der Waals surface area contributed by atoms with E-state index in [0.29, 0.717) is 6.04 Å². The topological polar surface area (TPSA) is 13.0 Å². The van der Waals surface area contributed by atoms with Crippen molar-refractivity contribution in [3.8, 4) is 0 Å². The largest absolute Gasteiger partial charge is 0.367 e. The Morgan fingerprint density at radius 2 is 0.679 bits per heavy atom. The van der Waals surface area contributed by atoms with Gasteiger partial charge in [0, 0.05) is 84.0 Å². The van der Waals surface area contributed by atoms with Gasteiger partial charge in [0.25, 0.3) is 0 Å². The van der Waals surface area contributed by atoms with Crippen molar-refractivity contribution in [3.05, 3.63) is 264 Å². The fourth-order valence-corrected chi connectivity index (χ4v) is 14.0. The summed E-state index contributed by atoms with van der Waals surface area (Å²) in [6.07, 6.45) is 29.9. The van der Waals surface area contributed by atoms with Crippen LogP contribution < -0.4 is 19.6 Å². The first-order valence-corrected chi connectivity index (χ1v) is 27.8. The van der Waals surface area contributed by atoms with Crippen LogP contribution in [0.15, 0.2) is 242 Å². The minimum absolute atomic E-state index is 0.0212. The van der Waals surface area contributed by atoms with Crippen LogP contribution in [0, 0.1) is 0 Å². The highest BCUT2D eigenvalue weighted by Crippen LogP contribution is 2.53. The molecule has 2 atom stereocenters. The van der Waals surface area contributed by atoms with Gasteiger partial charge >= 0.3 is 0 Å². The summed E-state index contributed by atoms with van der Waals surface area (Å²) < 4.78 is 9.54. The van der Waals surface area contributed by atoms with Crippen molar-refractivity contribution >= 4 is 65.8 Å². The zero-order valence-corrected chi connectivity index (χ0v) is 47.8. The lowest BCUT2D eigenvalue weighted by molar-refractivity contribution is 0.490. The third kappa shape index (κ3) is 8.61. The molecule has 0 saturated carbocycles. The molecule has 0 radical (unpaired) electrons. The van der Waals surface area contributed by atoms with Crippen LogP contribution in [-0.4, -0.2) is 40.3 Å². The van der Waals surface area contributed by atoms with Crippen molar-refractivity contribution in [2.45, 2.75) is 89.1 Å². The molecule has 0 aliphatic carbocycles. The van der Waals surface area contributed by atoms with Crippen LogP contribution in [0.5, 0.6) is 0 Å². The van der Waals surface area contributed by atoms with Crippen molar-refractivity contribution in [1.82, 2.24) is 0 Å². The summed E-state index contributed by atoms with van der Waals surface area (Å²) in [6.45, 7) is 18.4. The fraction of sp³-hybridized carbons (Fsp3) is 0.243. The number of likely N-dealkylation sites (N-methyl/N-ethyl adjacent to an activating group) is 4. The molecule has 12 rings (SSSR count). The van der Waals surface area contributed by atoms with E-state index >= 15 is 0 Å². The molecule has 0 N–H and O–H groups in total. The molecule has 0 aromatic heterocycles. The molecular weight excluding hydrogens is 945 g/mol. The van der Waals surface area contributed by atoms with E-state index in [0.717, 1.165) is 5.69 Å². The number of nitrogens with zero attached hydrogens (tertiary/aromatic N) is 4. The van der Waals surface area contributed by atoms with E-state index in [4.69, 9.17) is 0 Å². The number of anilines is 4. The van der Waals surface area contributed by atoms with E-state index in [1.807, 2.05) is 31.4 Å². The lowest BCUT2D eigenvalue weighted by Gasteiger charge is -2.29. The van der Waals surface area contributed by atoms with E-state index in [1.165, 1.54) is 93.8 Å². The van der Waals surface area contributed by atoms with Crippen LogP contribution in [0.2, 0.25) is 0 Å². The summed E-state index contributed by atoms with van der Waals surface area (Å²) in [5.41, 5.74) is 12.6. The monoisotopic (exact) mass is 1020 g/mol. The van der Waals surface area contributed by atoms with Gasteiger partial charge in [0.05, 0.1) is 13.4 Å². The molecule has 4 heterocycles. The lowest BCUT2D eigenvalue weighted by Crippen LogP contribution is -2.37. The van der Waals surface area contributed by atoms with Gasteiger partial charge in [-0.05, 0) is 102 Å². The first-order valence-electron chi connectivity index (χ1n) is 28.3. The molecule has 0 amide bonds. The maximum absolute atomic E-state index is 9.54. The summed E-state index contributed by atoms with van der Waals surface area (Å²) in [5.74, 6) is 0. The summed E-state index contributed by atoms with van der Waals surface area (Å²) in [4.78, 5) is 9.19. The molecule has 0 spiro atoms. The highest BCUT2D eigenvalue weighted by Gasteiger charge is 2.45. The predicted octanol–water partition coefficient (Wildman–Crippen LogP) is 18.1. The number of hydrogen-bond donors (Lipinski definition) is 0. The van der Waals surface area contributed by atoms with Crippen LogP contribution in [0.3, 0.4) is 0 Å². The van der Waals surface area contributed by atoms with Gasteiger partial charge in [-0.3, -0.25) is 0 Å². The van der Waals surface area contributed by atoms with E-state index < -0.39 is 6.02 Å². The highest BCUT2D eigenvalue weighted by molar-refractivity contribution is 5.97. The first-order chi connectivity index (χ1) is 37.8. The van der Waals surface area contributed by atoms with Gasteiger partial charge in [-0.15, -0.1) is 0 Å². The summed E-state index contributed by atoms with van der Waals surface area (Å²) in [5, 5.41) is 10.4. The van der Waals surface area contributed by atoms with E-state index in [2.05, 4.69) is 302 Å². The predicted molar refractivity (Wildman–Crippen MR) is 340 cm³/mol. The number of fused-ring (bicyclic) bond motifs is 12. The number of benzene rings is 8. The molecule has 0 bridgehead atoms. The maximum Gasteiger partial charge on any atom is 0.0584 e. The first kappa shape index (κ1) is 50.7. The molecule has 8 aromatic carbocycles. The van der Waals surface area contributed by atoms with Crippen LogP contribution in [-0.2, 0) is 21.7 Å². The van der Waals surface area contributed by atoms with E-state index in [1.54, 1.807) is 0 Å². The molecule has 4 aliphatic heterocycles. The highest BCUT2D eigenvalue weighted by atomic mass is 15.2. The average molecular weight is 1020 g/mol. The Labute approximate surface area is 466 Å². The van der Waals surface area contributed by atoms with Crippen LogP contribution in [0.4, 0.5) is 22.7 Å². The smallest absolute Gasteiger partial charge is 0.0584 e. The van der Waals surface area contributed by atoms with E-state index in [-0.39, 0.29) is 21.7 Å². The van der Waals surface area contributed by atoms with Crippen molar-refractivity contribution < 1.29 is 1.37 Å². The van der Waals surface area contributed by atoms with Crippen molar-refractivity contribution in [3.63, 3.8) is 0 Å². The van der Waals surface area contributed by atoms with Crippen LogP contribution in [0.1, 0.15) is 79.0 Å². The molecule has 4 aliphatic rings. The molecule has 0 saturated heterocycles. The quantitative estimate of drug-likeness (QED) is 0.141. The molecule has 78 heavy (non-hydrogen) atoms.